The molecule has 100 valence electrons. The molecule has 3 heteroatoms. The highest BCUT2D eigenvalue weighted by molar-refractivity contribution is 5.48. The minimum absolute atomic E-state index is 0.652. The summed E-state index contributed by atoms with van der Waals surface area (Å²) >= 11 is 0. The Hall–Kier alpha value is -1.06. The van der Waals surface area contributed by atoms with E-state index in [1.54, 1.807) is 0 Å². The SMILES string of the molecule is CCc1ccc(N2CCC(N(C)CCN)C2)cc1. The molecule has 1 saturated heterocycles. The highest BCUT2D eigenvalue weighted by atomic mass is 15.2. The van der Waals surface area contributed by atoms with E-state index in [1.165, 1.54) is 17.7 Å². The summed E-state index contributed by atoms with van der Waals surface area (Å²) in [7, 11) is 2.18. The summed E-state index contributed by atoms with van der Waals surface area (Å²) in [4.78, 5) is 4.87. The van der Waals surface area contributed by atoms with Gasteiger partial charge in [0.05, 0.1) is 0 Å². The van der Waals surface area contributed by atoms with Crippen LogP contribution in [0.5, 0.6) is 0 Å². The molecule has 2 N–H and O–H groups in total. The third-order valence-corrected chi connectivity index (χ3v) is 3.98. The number of aryl methyl sites for hydroxylation is 1. The molecule has 0 aliphatic carbocycles. The predicted molar refractivity (Wildman–Crippen MR) is 78.1 cm³/mol. The maximum Gasteiger partial charge on any atom is 0.0366 e. The van der Waals surface area contributed by atoms with Crippen LogP contribution in [-0.2, 0) is 6.42 Å². The molecule has 1 aliphatic rings. The van der Waals surface area contributed by atoms with Crippen LogP contribution in [-0.4, -0.2) is 44.2 Å². The van der Waals surface area contributed by atoms with Gasteiger partial charge < -0.3 is 15.5 Å². The molecule has 1 fully saturated rings. The number of hydrogen-bond donors (Lipinski definition) is 1. The molecular weight excluding hydrogens is 222 g/mol. The fraction of sp³-hybridized carbons (Fsp3) is 0.600. The number of hydrogen-bond acceptors (Lipinski definition) is 3. The van der Waals surface area contributed by atoms with Gasteiger partial charge in [0, 0.05) is 37.9 Å². The first-order chi connectivity index (χ1) is 8.74. The molecule has 1 aromatic rings. The van der Waals surface area contributed by atoms with Crippen LogP contribution in [0.4, 0.5) is 5.69 Å². The highest BCUT2D eigenvalue weighted by Crippen LogP contribution is 2.22. The van der Waals surface area contributed by atoms with Crippen LogP contribution in [0.3, 0.4) is 0 Å². The van der Waals surface area contributed by atoms with Crippen LogP contribution in [0.25, 0.3) is 0 Å². The number of anilines is 1. The van der Waals surface area contributed by atoms with Crippen LogP contribution in [0.1, 0.15) is 18.9 Å². The van der Waals surface area contributed by atoms with Crippen molar-refractivity contribution < 1.29 is 0 Å². The minimum atomic E-state index is 0.652. The standard InChI is InChI=1S/C15H25N3/c1-3-13-4-6-14(7-5-13)18-10-8-15(12-18)17(2)11-9-16/h4-7,15H,3,8-12,16H2,1-2H3. The third kappa shape index (κ3) is 3.03. The van der Waals surface area contributed by atoms with Crippen LogP contribution in [0, 0.1) is 0 Å². The molecule has 2 rings (SSSR count). The van der Waals surface area contributed by atoms with Gasteiger partial charge in [0.1, 0.15) is 0 Å². The van der Waals surface area contributed by atoms with Gasteiger partial charge in [-0.25, -0.2) is 0 Å². The monoisotopic (exact) mass is 247 g/mol. The molecule has 0 spiro atoms. The Morgan fingerprint density at radius 2 is 2.06 bits per heavy atom. The van der Waals surface area contributed by atoms with Crippen molar-refractivity contribution in [3.8, 4) is 0 Å². The van der Waals surface area contributed by atoms with Gasteiger partial charge in [0.25, 0.3) is 0 Å². The minimum Gasteiger partial charge on any atom is -0.370 e. The molecule has 0 radical (unpaired) electrons. The van der Waals surface area contributed by atoms with Crippen molar-refractivity contribution in [2.45, 2.75) is 25.8 Å². The number of nitrogens with two attached hydrogens (primary N) is 1. The first-order valence-corrected chi connectivity index (χ1v) is 6.98. The van der Waals surface area contributed by atoms with E-state index in [0.29, 0.717) is 6.04 Å². The topological polar surface area (TPSA) is 32.5 Å². The maximum absolute atomic E-state index is 5.62. The van der Waals surface area contributed by atoms with E-state index >= 15 is 0 Å². The molecule has 18 heavy (non-hydrogen) atoms. The molecule has 0 aromatic heterocycles. The number of rotatable bonds is 5. The lowest BCUT2D eigenvalue weighted by atomic mass is 10.1. The Bertz CT molecular complexity index is 361. The van der Waals surface area contributed by atoms with Crippen molar-refractivity contribution in [3.05, 3.63) is 29.8 Å². The first-order valence-electron chi connectivity index (χ1n) is 6.98. The third-order valence-electron chi connectivity index (χ3n) is 3.98. The molecule has 1 heterocycles. The summed E-state index contributed by atoms with van der Waals surface area (Å²) in [5, 5.41) is 0. The molecular formula is C15H25N3. The molecule has 0 saturated carbocycles. The van der Waals surface area contributed by atoms with E-state index in [9.17, 15) is 0 Å². The fourth-order valence-electron chi connectivity index (χ4n) is 2.66. The van der Waals surface area contributed by atoms with Gasteiger partial charge in [-0.3, -0.25) is 0 Å². The first kappa shape index (κ1) is 13.4. The predicted octanol–water partition coefficient (Wildman–Crippen LogP) is 1.72. The average molecular weight is 247 g/mol. The van der Waals surface area contributed by atoms with Crippen molar-refractivity contribution in [1.82, 2.24) is 4.90 Å². The van der Waals surface area contributed by atoms with Crippen LogP contribution >= 0.6 is 0 Å². The molecule has 0 bridgehead atoms. The Balaban J connectivity index is 1.95. The van der Waals surface area contributed by atoms with Gasteiger partial charge in [0.2, 0.25) is 0 Å². The van der Waals surface area contributed by atoms with Crippen LogP contribution in [0.2, 0.25) is 0 Å². The highest BCUT2D eigenvalue weighted by Gasteiger charge is 2.25. The molecule has 3 nitrogen and oxygen atoms in total. The van der Waals surface area contributed by atoms with E-state index in [-0.39, 0.29) is 0 Å². The number of nitrogens with zero attached hydrogens (tertiary/aromatic N) is 2. The van der Waals surface area contributed by atoms with Crippen molar-refractivity contribution in [3.63, 3.8) is 0 Å². The Morgan fingerprint density at radius 1 is 1.33 bits per heavy atom. The number of likely N-dealkylation sites (N-methyl/N-ethyl adjacent to an activating group) is 1. The van der Waals surface area contributed by atoms with Gasteiger partial charge in [-0.2, -0.15) is 0 Å². The zero-order valence-corrected chi connectivity index (χ0v) is 11.6. The van der Waals surface area contributed by atoms with Crippen LogP contribution < -0.4 is 10.6 Å². The second-order valence-electron chi connectivity index (χ2n) is 5.18. The molecule has 1 unspecified atom stereocenters. The Kier molecular flexibility index (Phi) is 4.61. The van der Waals surface area contributed by atoms with E-state index < -0.39 is 0 Å². The van der Waals surface area contributed by atoms with Crippen LogP contribution in [0.15, 0.2) is 24.3 Å². The quantitative estimate of drug-likeness (QED) is 0.860. The Labute approximate surface area is 111 Å². The van der Waals surface area contributed by atoms with E-state index in [2.05, 4.69) is 48.0 Å². The summed E-state index contributed by atoms with van der Waals surface area (Å²) in [5.41, 5.74) is 8.39. The van der Waals surface area contributed by atoms with Gasteiger partial charge in [-0.1, -0.05) is 19.1 Å². The zero-order chi connectivity index (χ0) is 13.0. The summed E-state index contributed by atoms with van der Waals surface area (Å²) in [6.45, 7) is 6.22. The lowest BCUT2D eigenvalue weighted by molar-refractivity contribution is 0.266. The summed E-state index contributed by atoms with van der Waals surface area (Å²) in [6, 6.07) is 9.65. The maximum atomic E-state index is 5.62. The smallest absolute Gasteiger partial charge is 0.0366 e. The second-order valence-corrected chi connectivity index (χ2v) is 5.18. The fourth-order valence-corrected chi connectivity index (χ4v) is 2.66. The Morgan fingerprint density at radius 3 is 2.67 bits per heavy atom. The summed E-state index contributed by atoms with van der Waals surface area (Å²) in [6.07, 6.45) is 2.36. The van der Waals surface area contributed by atoms with Gasteiger partial charge in [-0.05, 0) is 37.6 Å². The summed E-state index contributed by atoms with van der Waals surface area (Å²) in [5.74, 6) is 0. The lowest BCUT2D eigenvalue weighted by Crippen LogP contribution is -2.37. The normalized spacial score (nSPS) is 19.8. The van der Waals surface area contributed by atoms with Crippen molar-refractivity contribution in [2.75, 3.05) is 38.1 Å². The molecule has 1 aromatic carbocycles. The van der Waals surface area contributed by atoms with Crippen molar-refractivity contribution in [2.24, 2.45) is 5.73 Å². The van der Waals surface area contributed by atoms with Gasteiger partial charge in [0.15, 0.2) is 0 Å². The summed E-state index contributed by atoms with van der Waals surface area (Å²) < 4.78 is 0. The van der Waals surface area contributed by atoms with Crippen molar-refractivity contribution in [1.29, 1.82) is 0 Å². The molecule has 1 aliphatic heterocycles. The number of benzene rings is 1. The largest absolute Gasteiger partial charge is 0.370 e. The molecule has 0 amide bonds. The van der Waals surface area contributed by atoms with Gasteiger partial charge in [-0.15, -0.1) is 0 Å². The zero-order valence-electron chi connectivity index (χ0n) is 11.6. The second kappa shape index (κ2) is 6.21. The van der Waals surface area contributed by atoms with E-state index in [4.69, 9.17) is 5.73 Å². The van der Waals surface area contributed by atoms with E-state index in [1.807, 2.05) is 0 Å². The molecule has 1 atom stereocenters. The lowest BCUT2D eigenvalue weighted by Gasteiger charge is -2.24. The van der Waals surface area contributed by atoms with Crippen molar-refractivity contribution >= 4 is 5.69 Å². The van der Waals surface area contributed by atoms with Gasteiger partial charge >= 0.3 is 0 Å². The average Bonchev–Trinajstić information content (AvgIpc) is 2.89. The van der Waals surface area contributed by atoms with E-state index in [0.717, 1.165) is 32.6 Å².